The lowest BCUT2D eigenvalue weighted by atomic mass is 10.1. The average molecular weight is 512 g/mol. The summed E-state index contributed by atoms with van der Waals surface area (Å²) in [5.74, 6) is 0.534. The van der Waals surface area contributed by atoms with E-state index in [1.807, 2.05) is 38.1 Å². The molecule has 2 rings (SSSR count). The maximum Gasteiger partial charge on any atom is 0.253 e. The zero-order chi connectivity index (χ0) is 20.4. The Kier molecular flexibility index (Phi) is 11.3. The first-order valence-electron chi connectivity index (χ1n) is 9.64. The van der Waals surface area contributed by atoms with Gasteiger partial charge in [-0.2, -0.15) is 0 Å². The molecule has 2 aromatic rings. The number of guanidine groups is 1. The smallest absolute Gasteiger partial charge is 0.253 e. The zero-order valence-electron chi connectivity index (χ0n) is 17.2. The Morgan fingerprint density at radius 2 is 1.55 bits per heavy atom. The molecule has 1 amide bonds. The Hall–Kier alpha value is -2.16. The van der Waals surface area contributed by atoms with Gasteiger partial charge in [0.05, 0.1) is 0 Å². The first kappa shape index (κ1) is 24.9. The van der Waals surface area contributed by atoms with Crippen molar-refractivity contribution in [3.8, 4) is 0 Å². The number of amides is 1. The van der Waals surface area contributed by atoms with Gasteiger partial charge >= 0.3 is 0 Å². The van der Waals surface area contributed by atoms with Crippen LogP contribution in [-0.4, -0.2) is 43.4 Å². The van der Waals surface area contributed by atoms with Crippen LogP contribution in [0.3, 0.4) is 0 Å². The largest absolute Gasteiger partial charge is 0.356 e. The molecule has 2 N–H and O–H groups in total. The topological polar surface area (TPSA) is 56.7 Å². The summed E-state index contributed by atoms with van der Waals surface area (Å²) in [6, 6.07) is 14.1. The first-order valence-corrected chi connectivity index (χ1v) is 9.64. The second-order valence-electron chi connectivity index (χ2n) is 6.40. The highest BCUT2D eigenvalue weighted by atomic mass is 127. The predicted octanol–water partition coefficient (Wildman–Crippen LogP) is 3.83. The number of rotatable bonds is 8. The lowest BCUT2D eigenvalue weighted by Crippen LogP contribution is -2.37. The minimum absolute atomic E-state index is 0. The molecule has 0 saturated heterocycles. The highest BCUT2D eigenvalue weighted by Gasteiger charge is 2.11. The molecule has 0 unspecified atom stereocenters. The molecule has 0 fully saturated rings. The van der Waals surface area contributed by atoms with Crippen LogP contribution in [0, 0.1) is 5.82 Å². The van der Waals surface area contributed by atoms with Crippen molar-refractivity contribution < 1.29 is 9.18 Å². The van der Waals surface area contributed by atoms with Crippen LogP contribution in [0.5, 0.6) is 0 Å². The van der Waals surface area contributed by atoms with E-state index in [2.05, 4.69) is 15.6 Å². The minimum Gasteiger partial charge on any atom is -0.356 e. The molecule has 0 aliphatic heterocycles. The van der Waals surface area contributed by atoms with Crippen molar-refractivity contribution in [1.29, 1.82) is 0 Å². The molecule has 0 atom stereocenters. The molecular weight excluding hydrogens is 482 g/mol. The number of aliphatic imine (C=N–C) groups is 1. The normalized spacial score (nSPS) is 10.8. The molecule has 2 aromatic carbocycles. The lowest BCUT2D eigenvalue weighted by molar-refractivity contribution is 0.0773. The first-order chi connectivity index (χ1) is 13.6. The number of carbonyl (C=O) groups excluding carboxylic acids is 1. The molecule has 29 heavy (non-hydrogen) atoms. The molecule has 0 aliphatic carbocycles. The number of halogens is 2. The van der Waals surface area contributed by atoms with Crippen molar-refractivity contribution in [3.05, 3.63) is 71.0 Å². The van der Waals surface area contributed by atoms with E-state index in [-0.39, 0.29) is 35.7 Å². The van der Waals surface area contributed by atoms with Crippen LogP contribution in [0.2, 0.25) is 0 Å². The molecule has 5 nitrogen and oxygen atoms in total. The molecule has 0 spiro atoms. The Balaban J connectivity index is 0.00000420. The van der Waals surface area contributed by atoms with Gasteiger partial charge in [0.15, 0.2) is 5.96 Å². The van der Waals surface area contributed by atoms with Gasteiger partial charge in [-0.05, 0) is 55.7 Å². The summed E-state index contributed by atoms with van der Waals surface area (Å²) in [5.41, 5.74) is 2.84. The maximum absolute atomic E-state index is 12.9. The summed E-state index contributed by atoms with van der Waals surface area (Å²) in [6.07, 6.45) is 0.781. The highest BCUT2D eigenvalue weighted by molar-refractivity contribution is 14.0. The molecule has 158 valence electrons. The van der Waals surface area contributed by atoms with Gasteiger partial charge in [0.1, 0.15) is 5.82 Å². The summed E-state index contributed by atoms with van der Waals surface area (Å²) in [4.78, 5) is 18.4. The Bertz CT molecular complexity index is 774. The Morgan fingerprint density at radius 1 is 0.966 bits per heavy atom. The second kappa shape index (κ2) is 13.1. The minimum atomic E-state index is -0.223. The highest BCUT2D eigenvalue weighted by Crippen LogP contribution is 2.08. The summed E-state index contributed by atoms with van der Waals surface area (Å²) in [5, 5.41) is 6.51. The van der Waals surface area contributed by atoms with E-state index in [0.29, 0.717) is 37.7 Å². The fraction of sp³-hybridized carbons (Fsp3) is 0.364. The van der Waals surface area contributed by atoms with Gasteiger partial charge in [-0.1, -0.05) is 24.3 Å². The Morgan fingerprint density at radius 3 is 2.10 bits per heavy atom. The standard InChI is InChI=1S/C22H29FN4O.HI/c1-4-27(5-2)21(28)19-10-6-18(7-11-19)16-26-22(24-3)25-15-14-17-8-12-20(23)13-9-17;/h6-13H,4-5,14-16H2,1-3H3,(H2,24,25,26);1H. The number of hydrogen-bond acceptors (Lipinski definition) is 2. The summed E-state index contributed by atoms with van der Waals surface area (Å²) >= 11 is 0. The number of benzene rings is 2. The second-order valence-corrected chi connectivity index (χ2v) is 6.40. The van der Waals surface area contributed by atoms with E-state index in [4.69, 9.17) is 0 Å². The third-order valence-corrected chi connectivity index (χ3v) is 4.55. The zero-order valence-corrected chi connectivity index (χ0v) is 19.6. The van der Waals surface area contributed by atoms with Crippen molar-refractivity contribution in [2.45, 2.75) is 26.8 Å². The quantitative estimate of drug-likeness (QED) is 0.321. The molecule has 0 aliphatic rings. The summed E-state index contributed by atoms with van der Waals surface area (Å²) in [7, 11) is 1.72. The molecule has 0 aromatic heterocycles. The van der Waals surface area contributed by atoms with Crippen LogP contribution in [0.25, 0.3) is 0 Å². The van der Waals surface area contributed by atoms with E-state index in [9.17, 15) is 9.18 Å². The summed E-state index contributed by atoms with van der Waals surface area (Å²) in [6.45, 7) is 6.68. The molecular formula is C22H30FIN4O. The van der Waals surface area contributed by atoms with E-state index in [1.54, 1.807) is 24.1 Å². The number of nitrogens with zero attached hydrogens (tertiary/aromatic N) is 2. The van der Waals surface area contributed by atoms with Gasteiger partial charge in [0, 0.05) is 38.8 Å². The SMILES string of the molecule is CCN(CC)C(=O)c1ccc(CNC(=NC)NCCc2ccc(F)cc2)cc1.I. The van der Waals surface area contributed by atoms with Crippen LogP contribution in [-0.2, 0) is 13.0 Å². The van der Waals surface area contributed by atoms with Gasteiger partial charge in [0.2, 0.25) is 0 Å². The van der Waals surface area contributed by atoms with Crippen LogP contribution >= 0.6 is 24.0 Å². The molecule has 0 bridgehead atoms. The van der Waals surface area contributed by atoms with Crippen molar-refractivity contribution >= 4 is 35.8 Å². The molecule has 0 heterocycles. The van der Waals surface area contributed by atoms with Crippen molar-refractivity contribution in [3.63, 3.8) is 0 Å². The van der Waals surface area contributed by atoms with Crippen LogP contribution < -0.4 is 10.6 Å². The van der Waals surface area contributed by atoms with Gasteiger partial charge < -0.3 is 15.5 Å². The van der Waals surface area contributed by atoms with Gasteiger partial charge in [-0.15, -0.1) is 24.0 Å². The number of nitrogens with one attached hydrogen (secondary N) is 2. The van der Waals surface area contributed by atoms with Gasteiger partial charge in [0.25, 0.3) is 5.91 Å². The average Bonchev–Trinajstić information content (AvgIpc) is 2.73. The summed E-state index contributed by atoms with van der Waals surface area (Å²) < 4.78 is 12.9. The fourth-order valence-corrected chi connectivity index (χ4v) is 2.84. The molecule has 0 saturated carbocycles. The lowest BCUT2D eigenvalue weighted by Gasteiger charge is -2.18. The van der Waals surface area contributed by atoms with Crippen molar-refractivity contribution in [1.82, 2.24) is 15.5 Å². The van der Waals surface area contributed by atoms with Crippen LogP contribution in [0.4, 0.5) is 4.39 Å². The number of hydrogen-bond donors (Lipinski definition) is 2. The molecule has 0 radical (unpaired) electrons. The maximum atomic E-state index is 12.9. The number of carbonyl (C=O) groups is 1. The van der Waals surface area contributed by atoms with Crippen molar-refractivity contribution in [2.75, 3.05) is 26.7 Å². The third-order valence-electron chi connectivity index (χ3n) is 4.55. The van der Waals surface area contributed by atoms with Crippen molar-refractivity contribution in [2.24, 2.45) is 4.99 Å². The fourth-order valence-electron chi connectivity index (χ4n) is 2.84. The third kappa shape index (κ3) is 8.00. The van der Waals surface area contributed by atoms with Gasteiger partial charge in [-0.3, -0.25) is 9.79 Å². The van der Waals surface area contributed by atoms with E-state index in [1.165, 1.54) is 12.1 Å². The van der Waals surface area contributed by atoms with E-state index in [0.717, 1.165) is 17.5 Å². The predicted molar refractivity (Wildman–Crippen MR) is 127 cm³/mol. The van der Waals surface area contributed by atoms with Crippen LogP contribution in [0.1, 0.15) is 35.3 Å². The monoisotopic (exact) mass is 512 g/mol. The Labute approximate surface area is 189 Å². The molecule has 7 heteroatoms. The van der Waals surface area contributed by atoms with Gasteiger partial charge in [-0.25, -0.2) is 4.39 Å². The van der Waals surface area contributed by atoms with E-state index >= 15 is 0 Å². The van der Waals surface area contributed by atoms with E-state index < -0.39 is 0 Å². The van der Waals surface area contributed by atoms with Crippen LogP contribution in [0.15, 0.2) is 53.5 Å².